The standard InChI is InChI=1S/C16H15BrN2O2/c17-11-7-4-8-12-14(11)15(16(21)19-12)18-9-13(20)10-5-2-1-3-6-10/h1-8,13,15,18,20H,9H2,(H,19,21). The highest BCUT2D eigenvalue weighted by Gasteiger charge is 2.32. The SMILES string of the molecule is O=C1Nc2cccc(Br)c2C1NCC(O)c1ccccc1. The Kier molecular flexibility index (Phi) is 4.05. The molecule has 2 atom stereocenters. The fourth-order valence-corrected chi connectivity index (χ4v) is 3.09. The van der Waals surface area contributed by atoms with E-state index >= 15 is 0 Å². The van der Waals surface area contributed by atoms with Gasteiger partial charge in [-0.1, -0.05) is 52.3 Å². The molecule has 108 valence electrons. The first-order chi connectivity index (χ1) is 10.2. The number of benzene rings is 2. The van der Waals surface area contributed by atoms with Crippen molar-refractivity contribution < 1.29 is 9.90 Å². The lowest BCUT2D eigenvalue weighted by Gasteiger charge is -2.16. The number of hydrogen-bond donors (Lipinski definition) is 3. The number of aliphatic hydroxyl groups excluding tert-OH is 1. The molecule has 3 N–H and O–H groups in total. The Morgan fingerprint density at radius 1 is 1.19 bits per heavy atom. The van der Waals surface area contributed by atoms with Gasteiger partial charge in [-0.3, -0.25) is 10.1 Å². The quantitative estimate of drug-likeness (QED) is 0.797. The monoisotopic (exact) mass is 346 g/mol. The van der Waals surface area contributed by atoms with Crippen LogP contribution in [0.3, 0.4) is 0 Å². The van der Waals surface area contributed by atoms with Gasteiger partial charge in [0.05, 0.1) is 6.10 Å². The molecular formula is C16H15BrN2O2. The van der Waals surface area contributed by atoms with E-state index in [1.165, 1.54) is 0 Å². The Morgan fingerprint density at radius 2 is 1.95 bits per heavy atom. The van der Waals surface area contributed by atoms with E-state index < -0.39 is 12.1 Å². The second-order valence-electron chi connectivity index (χ2n) is 4.96. The Morgan fingerprint density at radius 3 is 2.71 bits per heavy atom. The first kappa shape index (κ1) is 14.3. The topological polar surface area (TPSA) is 61.4 Å². The van der Waals surface area contributed by atoms with Gasteiger partial charge in [0.15, 0.2) is 0 Å². The van der Waals surface area contributed by atoms with E-state index in [2.05, 4.69) is 26.6 Å². The summed E-state index contributed by atoms with van der Waals surface area (Å²) in [6.07, 6.45) is -0.648. The van der Waals surface area contributed by atoms with Gasteiger partial charge in [0.1, 0.15) is 6.04 Å². The lowest BCUT2D eigenvalue weighted by Crippen LogP contribution is -2.31. The maximum atomic E-state index is 12.1. The van der Waals surface area contributed by atoms with Gasteiger partial charge in [0.25, 0.3) is 0 Å². The zero-order valence-corrected chi connectivity index (χ0v) is 12.8. The fourth-order valence-electron chi connectivity index (χ4n) is 2.49. The smallest absolute Gasteiger partial charge is 0.246 e. The maximum absolute atomic E-state index is 12.1. The summed E-state index contributed by atoms with van der Waals surface area (Å²) in [5.41, 5.74) is 2.53. The average molecular weight is 347 g/mol. The Bertz CT molecular complexity index is 661. The summed E-state index contributed by atoms with van der Waals surface area (Å²) in [5.74, 6) is -0.0999. The third-order valence-electron chi connectivity index (χ3n) is 3.56. The Labute approximate surface area is 131 Å². The van der Waals surface area contributed by atoms with Gasteiger partial charge in [-0.15, -0.1) is 0 Å². The molecule has 2 aromatic rings. The van der Waals surface area contributed by atoms with Crippen LogP contribution < -0.4 is 10.6 Å². The molecule has 0 aromatic heterocycles. The van der Waals surface area contributed by atoms with Crippen molar-refractivity contribution in [2.24, 2.45) is 0 Å². The summed E-state index contributed by atoms with van der Waals surface area (Å²) in [6, 6.07) is 14.6. The number of carbonyl (C=O) groups excluding carboxylic acids is 1. The van der Waals surface area contributed by atoms with Crippen LogP contribution >= 0.6 is 15.9 Å². The van der Waals surface area contributed by atoms with E-state index in [1.807, 2.05) is 48.5 Å². The van der Waals surface area contributed by atoms with Crippen LogP contribution in [-0.2, 0) is 4.79 Å². The Hall–Kier alpha value is -1.69. The van der Waals surface area contributed by atoms with Crippen molar-refractivity contribution in [3.05, 3.63) is 64.1 Å². The van der Waals surface area contributed by atoms with Crippen molar-refractivity contribution in [2.75, 3.05) is 11.9 Å². The molecular weight excluding hydrogens is 332 g/mol. The van der Waals surface area contributed by atoms with E-state index in [9.17, 15) is 9.90 Å². The third kappa shape index (κ3) is 2.85. The molecule has 0 spiro atoms. The van der Waals surface area contributed by atoms with Crippen LogP contribution in [-0.4, -0.2) is 17.6 Å². The van der Waals surface area contributed by atoms with Crippen molar-refractivity contribution in [2.45, 2.75) is 12.1 Å². The average Bonchev–Trinajstić information content (AvgIpc) is 2.82. The van der Waals surface area contributed by atoms with Gasteiger partial charge in [-0.25, -0.2) is 0 Å². The minimum atomic E-state index is -0.648. The van der Waals surface area contributed by atoms with Crippen molar-refractivity contribution >= 4 is 27.5 Å². The zero-order valence-electron chi connectivity index (χ0n) is 11.2. The number of carbonyl (C=O) groups is 1. The van der Waals surface area contributed by atoms with Gasteiger partial charge in [-0.05, 0) is 17.7 Å². The molecule has 0 aliphatic carbocycles. The highest BCUT2D eigenvalue weighted by atomic mass is 79.9. The van der Waals surface area contributed by atoms with Crippen LogP contribution in [0.2, 0.25) is 0 Å². The molecule has 4 nitrogen and oxygen atoms in total. The normalized spacial score (nSPS) is 18.2. The number of halogens is 1. The van der Waals surface area contributed by atoms with Crippen LogP contribution in [0.25, 0.3) is 0 Å². The number of anilines is 1. The number of aliphatic hydroxyl groups is 1. The lowest BCUT2D eigenvalue weighted by molar-refractivity contribution is -0.117. The van der Waals surface area contributed by atoms with Crippen LogP contribution in [0, 0.1) is 0 Å². The molecule has 1 aliphatic heterocycles. The third-order valence-corrected chi connectivity index (χ3v) is 4.25. The first-order valence-electron chi connectivity index (χ1n) is 6.72. The summed E-state index contributed by atoms with van der Waals surface area (Å²) in [7, 11) is 0. The van der Waals surface area contributed by atoms with Gasteiger partial charge in [0, 0.05) is 22.3 Å². The molecule has 2 aromatic carbocycles. The van der Waals surface area contributed by atoms with E-state index in [1.54, 1.807) is 0 Å². The molecule has 0 bridgehead atoms. The predicted octanol–water partition coefficient (Wildman–Crippen LogP) is 2.77. The van der Waals surface area contributed by atoms with Gasteiger partial charge >= 0.3 is 0 Å². The largest absolute Gasteiger partial charge is 0.387 e. The highest BCUT2D eigenvalue weighted by molar-refractivity contribution is 9.10. The second kappa shape index (κ2) is 5.97. The van der Waals surface area contributed by atoms with Crippen LogP contribution in [0.15, 0.2) is 53.0 Å². The fraction of sp³-hybridized carbons (Fsp3) is 0.188. The minimum absolute atomic E-state index is 0.0999. The molecule has 5 heteroatoms. The Balaban J connectivity index is 1.73. The number of amides is 1. The van der Waals surface area contributed by atoms with Gasteiger partial charge in [-0.2, -0.15) is 0 Å². The molecule has 0 saturated heterocycles. The molecule has 1 amide bonds. The number of rotatable bonds is 4. The number of hydrogen-bond acceptors (Lipinski definition) is 3. The molecule has 1 aliphatic rings. The van der Waals surface area contributed by atoms with E-state index in [4.69, 9.17) is 0 Å². The zero-order chi connectivity index (χ0) is 14.8. The summed E-state index contributed by atoms with van der Waals surface area (Å²) in [5, 5.41) is 16.2. The van der Waals surface area contributed by atoms with Crippen LogP contribution in [0.5, 0.6) is 0 Å². The molecule has 21 heavy (non-hydrogen) atoms. The number of fused-ring (bicyclic) bond motifs is 1. The van der Waals surface area contributed by atoms with Crippen molar-refractivity contribution in [3.8, 4) is 0 Å². The molecule has 0 radical (unpaired) electrons. The van der Waals surface area contributed by atoms with E-state index in [-0.39, 0.29) is 5.91 Å². The summed E-state index contributed by atoms with van der Waals surface area (Å²) < 4.78 is 0.880. The van der Waals surface area contributed by atoms with Crippen LogP contribution in [0.1, 0.15) is 23.3 Å². The number of nitrogens with one attached hydrogen (secondary N) is 2. The molecule has 0 fully saturated rings. The van der Waals surface area contributed by atoms with Gasteiger partial charge < -0.3 is 10.4 Å². The van der Waals surface area contributed by atoms with Gasteiger partial charge in [0.2, 0.25) is 5.91 Å². The molecule has 1 heterocycles. The van der Waals surface area contributed by atoms with Crippen LogP contribution in [0.4, 0.5) is 5.69 Å². The first-order valence-corrected chi connectivity index (χ1v) is 7.52. The minimum Gasteiger partial charge on any atom is -0.387 e. The molecule has 3 rings (SSSR count). The van der Waals surface area contributed by atoms with Crippen molar-refractivity contribution in [1.29, 1.82) is 0 Å². The lowest BCUT2D eigenvalue weighted by atomic mass is 10.1. The second-order valence-corrected chi connectivity index (χ2v) is 5.81. The molecule has 2 unspecified atom stereocenters. The maximum Gasteiger partial charge on any atom is 0.246 e. The van der Waals surface area contributed by atoms with E-state index in [0.29, 0.717) is 6.54 Å². The predicted molar refractivity (Wildman–Crippen MR) is 84.9 cm³/mol. The highest BCUT2D eigenvalue weighted by Crippen LogP contribution is 2.36. The summed E-state index contributed by atoms with van der Waals surface area (Å²) in [4.78, 5) is 12.1. The van der Waals surface area contributed by atoms with E-state index in [0.717, 1.165) is 21.3 Å². The molecule has 0 saturated carbocycles. The van der Waals surface area contributed by atoms with Crippen molar-refractivity contribution in [3.63, 3.8) is 0 Å². The summed E-state index contributed by atoms with van der Waals surface area (Å²) in [6.45, 7) is 0.308. The summed E-state index contributed by atoms with van der Waals surface area (Å²) >= 11 is 3.47. The van der Waals surface area contributed by atoms with Crippen molar-refractivity contribution in [1.82, 2.24) is 5.32 Å².